The Labute approximate surface area is 130 Å². The number of hydrogen-bond donors (Lipinski definition) is 4. The lowest BCUT2D eigenvalue weighted by atomic mass is 10.1. The Bertz CT molecular complexity index is 772. The molecule has 3 heterocycles. The Kier molecular flexibility index (Phi) is 4.13. The van der Waals surface area contributed by atoms with Crippen LogP contribution in [0.3, 0.4) is 0 Å². The van der Waals surface area contributed by atoms with E-state index in [-0.39, 0.29) is 30.3 Å². The van der Waals surface area contributed by atoms with E-state index in [2.05, 4.69) is 21.5 Å². The van der Waals surface area contributed by atoms with Crippen molar-refractivity contribution in [2.45, 2.75) is 24.5 Å². The number of aromatic amines is 1. The minimum absolute atomic E-state index is 0.0742. The maximum absolute atomic E-state index is 11.8. The molecule has 0 saturated carbocycles. The molecule has 2 aromatic heterocycles. The number of imidazole rings is 1. The van der Waals surface area contributed by atoms with Gasteiger partial charge in [-0.2, -0.15) is 4.98 Å². The quantitative estimate of drug-likeness (QED) is 0.487. The van der Waals surface area contributed by atoms with Crippen LogP contribution in [0.1, 0.15) is 6.23 Å². The number of nitrogens with zero attached hydrogens (tertiary/aromatic N) is 3. The number of nitrogens with two attached hydrogens (primary N) is 1. The largest absolute Gasteiger partial charge is 0.394 e. The molecule has 10 heteroatoms. The Balaban J connectivity index is 1.99. The molecule has 4 atom stereocenters. The number of aromatic nitrogens is 4. The smallest absolute Gasteiger partial charge is 0.280 e. The summed E-state index contributed by atoms with van der Waals surface area (Å²) < 4.78 is 12.5. The molecule has 23 heavy (non-hydrogen) atoms. The summed E-state index contributed by atoms with van der Waals surface area (Å²) >= 11 is 0. The Morgan fingerprint density at radius 1 is 1.61 bits per heavy atom. The molecular weight excluding hydrogens is 306 g/mol. The van der Waals surface area contributed by atoms with Crippen molar-refractivity contribution in [1.29, 1.82) is 0 Å². The summed E-state index contributed by atoms with van der Waals surface area (Å²) in [7, 11) is 0. The molecule has 5 N–H and O–H groups in total. The highest BCUT2D eigenvalue weighted by Crippen LogP contribution is 2.32. The van der Waals surface area contributed by atoms with E-state index < -0.39 is 30.1 Å². The third kappa shape index (κ3) is 2.61. The van der Waals surface area contributed by atoms with E-state index in [1.807, 2.05) is 0 Å². The highest BCUT2D eigenvalue weighted by molar-refractivity contribution is 5.70. The minimum atomic E-state index is -1.09. The van der Waals surface area contributed by atoms with E-state index >= 15 is 0 Å². The predicted octanol–water partition coefficient (Wildman–Crippen LogP) is -1.48. The number of nitrogen functional groups attached to an aromatic ring is 1. The first-order valence-corrected chi connectivity index (χ1v) is 6.96. The number of H-pyrrole nitrogens is 1. The fraction of sp³-hybridized carbons (Fsp3) is 0.462. The van der Waals surface area contributed by atoms with Crippen molar-refractivity contribution in [2.75, 3.05) is 18.9 Å². The average Bonchev–Trinajstić information content (AvgIpc) is 3.06. The van der Waals surface area contributed by atoms with Crippen molar-refractivity contribution in [3.63, 3.8) is 0 Å². The van der Waals surface area contributed by atoms with Crippen LogP contribution in [-0.2, 0) is 9.47 Å². The van der Waals surface area contributed by atoms with Gasteiger partial charge in [0.05, 0.1) is 19.5 Å². The van der Waals surface area contributed by atoms with Gasteiger partial charge in [-0.05, 0) is 0 Å². The van der Waals surface area contributed by atoms with Crippen LogP contribution < -0.4 is 11.3 Å². The van der Waals surface area contributed by atoms with Gasteiger partial charge in [0.15, 0.2) is 17.4 Å². The summed E-state index contributed by atoms with van der Waals surface area (Å²) in [5, 5.41) is 19.9. The standard InChI is InChI=1S/C13H17N5O5/c1-2-3-22-9-6(4-19)23-12(8(9)20)18-5-15-7-10(18)16-13(14)17-11(7)21/h2,5-6,8-9,12,19-20H,1,3-4H2,(H3,14,16,17,21)/t6-,8-,9-,12-/m1/s1. The number of hydrogen-bond acceptors (Lipinski definition) is 8. The molecule has 10 nitrogen and oxygen atoms in total. The molecule has 0 radical (unpaired) electrons. The summed E-state index contributed by atoms with van der Waals surface area (Å²) in [5.74, 6) is -0.0742. The highest BCUT2D eigenvalue weighted by Gasteiger charge is 2.45. The van der Waals surface area contributed by atoms with Crippen molar-refractivity contribution in [3.8, 4) is 0 Å². The third-order valence-electron chi connectivity index (χ3n) is 3.62. The number of fused-ring (bicyclic) bond motifs is 1. The number of aliphatic hydroxyl groups is 2. The van der Waals surface area contributed by atoms with E-state index in [0.717, 1.165) is 0 Å². The maximum Gasteiger partial charge on any atom is 0.280 e. The first-order valence-electron chi connectivity index (χ1n) is 6.96. The van der Waals surface area contributed by atoms with E-state index in [1.165, 1.54) is 17.0 Å². The maximum atomic E-state index is 11.8. The van der Waals surface area contributed by atoms with E-state index in [4.69, 9.17) is 15.2 Å². The van der Waals surface area contributed by atoms with Gasteiger partial charge in [0.1, 0.15) is 18.3 Å². The molecule has 0 spiro atoms. The summed E-state index contributed by atoms with van der Waals surface area (Å²) in [5.41, 5.74) is 5.31. The Morgan fingerprint density at radius 3 is 3.09 bits per heavy atom. The fourth-order valence-corrected chi connectivity index (χ4v) is 2.61. The zero-order valence-electron chi connectivity index (χ0n) is 12.1. The second-order valence-electron chi connectivity index (χ2n) is 5.10. The van der Waals surface area contributed by atoms with Crippen LogP contribution >= 0.6 is 0 Å². The van der Waals surface area contributed by atoms with Gasteiger partial charge in [-0.1, -0.05) is 6.08 Å². The van der Waals surface area contributed by atoms with Crippen LogP contribution in [0.15, 0.2) is 23.8 Å². The molecule has 124 valence electrons. The molecule has 0 aromatic carbocycles. The highest BCUT2D eigenvalue weighted by atomic mass is 16.6. The molecule has 1 saturated heterocycles. The van der Waals surface area contributed by atoms with E-state index in [1.54, 1.807) is 0 Å². The van der Waals surface area contributed by atoms with Crippen LogP contribution in [0.4, 0.5) is 5.95 Å². The van der Waals surface area contributed by atoms with Crippen molar-refractivity contribution in [2.24, 2.45) is 0 Å². The fourth-order valence-electron chi connectivity index (χ4n) is 2.61. The molecule has 0 bridgehead atoms. The van der Waals surface area contributed by atoms with Crippen LogP contribution in [0.2, 0.25) is 0 Å². The lowest BCUT2D eigenvalue weighted by Crippen LogP contribution is -2.36. The Morgan fingerprint density at radius 2 is 2.39 bits per heavy atom. The van der Waals surface area contributed by atoms with Gasteiger partial charge in [0, 0.05) is 0 Å². The number of rotatable bonds is 5. The lowest BCUT2D eigenvalue weighted by Gasteiger charge is -2.19. The molecule has 0 aliphatic carbocycles. The van der Waals surface area contributed by atoms with Crippen molar-refractivity contribution in [3.05, 3.63) is 29.3 Å². The summed E-state index contributed by atoms with van der Waals surface area (Å²) in [6.45, 7) is 3.40. The van der Waals surface area contributed by atoms with Gasteiger partial charge in [-0.3, -0.25) is 14.3 Å². The average molecular weight is 323 g/mol. The van der Waals surface area contributed by atoms with Crippen molar-refractivity contribution >= 4 is 17.1 Å². The summed E-state index contributed by atoms with van der Waals surface area (Å²) in [6, 6.07) is 0. The predicted molar refractivity (Wildman–Crippen MR) is 79.5 cm³/mol. The lowest BCUT2D eigenvalue weighted by molar-refractivity contribution is -0.0565. The normalized spacial score (nSPS) is 27.6. The van der Waals surface area contributed by atoms with Gasteiger partial charge in [0.25, 0.3) is 5.56 Å². The molecule has 1 aliphatic rings. The molecule has 2 aromatic rings. The van der Waals surface area contributed by atoms with Gasteiger partial charge in [-0.15, -0.1) is 6.58 Å². The zero-order valence-corrected chi connectivity index (χ0v) is 12.1. The SMILES string of the molecule is C=CCO[C@H]1[C@@H](O)[C@H](n2cnc3c(=O)[nH]c(N)nc32)O[C@@H]1CO. The van der Waals surface area contributed by atoms with Crippen molar-refractivity contribution < 1.29 is 19.7 Å². The number of nitrogens with one attached hydrogen (secondary N) is 1. The van der Waals surface area contributed by atoms with Crippen LogP contribution in [0.25, 0.3) is 11.2 Å². The first-order chi connectivity index (χ1) is 11.1. The third-order valence-corrected chi connectivity index (χ3v) is 3.62. The van der Waals surface area contributed by atoms with Gasteiger partial charge < -0.3 is 25.4 Å². The van der Waals surface area contributed by atoms with Crippen LogP contribution in [0.5, 0.6) is 0 Å². The van der Waals surface area contributed by atoms with Crippen LogP contribution in [0, 0.1) is 0 Å². The van der Waals surface area contributed by atoms with Gasteiger partial charge >= 0.3 is 0 Å². The molecule has 1 fully saturated rings. The topological polar surface area (TPSA) is 149 Å². The second kappa shape index (κ2) is 6.08. The minimum Gasteiger partial charge on any atom is -0.394 e. The zero-order chi connectivity index (χ0) is 16.6. The molecule has 1 aliphatic heterocycles. The first kappa shape index (κ1) is 15.6. The summed E-state index contributed by atoms with van der Waals surface area (Å²) in [6.07, 6.45) is -0.632. The van der Waals surface area contributed by atoms with Crippen molar-refractivity contribution in [1.82, 2.24) is 19.5 Å². The number of aliphatic hydroxyl groups excluding tert-OH is 2. The van der Waals surface area contributed by atoms with Crippen LogP contribution in [-0.4, -0.2) is 61.3 Å². The second-order valence-corrected chi connectivity index (χ2v) is 5.10. The molecule has 3 rings (SSSR count). The summed E-state index contributed by atoms with van der Waals surface area (Å²) in [4.78, 5) is 22.1. The molecular formula is C13H17N5O5. The van der Waals surface area contributed by atoms with E-state index in [0.29, 0.717) is 0 Å². The Hall–Kier alpha value is -2.27. The monoisotopic (exact) mass is 323 g/mol. The van der Waals surface area contributed by atoms with E-state index in [9.17, 15) is 15.0 Å². The number of ether oxygens (including phenoxy) is 2. The number of anilines is 1. The van der Waals surface area contributed by atoms with Gasteiger partial charge in [-0.25, -0.2) is 4.98 Å². The van der Waals surface area contributed by atoms with Gasteiger partial charge in [0.2, 0.25) is 5.95 Å². The molecule has 0 unspecified atom stereocenters. The molecule has 0 amide bonds.